The zero-order chi connectivity index (χ0) is 17.8. The second-order valence-corrected chi connectivity index (χ2v) is 7.79. The number of halogens is 1. The Bertz CT molecular complexity index is 719. The van der Waals surface area contributed by atoms with Gasteiger partial charge in [-0.1, -0.05) is 31.5 Å². The van der Waals surface area contributed by atoms with Crippen LogP contribution in [0.25, 0.3) is 10.9 Å². The third kappa shape index (κ3) is 4.73. The molecule has 1 aliphatic heterocycles. The Balaban J connectivity index is 1.43. The lowest BCUT2D eigenvalue weighted by atomic mass is 9.92. The Kier molecular flexibility index (Phi) is 5.97. The number of hydrogen-bond donors (Lipinski definition) is 1. The molecular weight excluding hydrogens is 336 g/mol. The van der Waals surface area contributed by atoms with Crippen LogP contribution in [0.5, 0.6) is 0 Å². The highest BCUT2D eigenvalue weighted by Crippen LogP contribution is 2.22. The molecule has 2 atom stereocenters. The zero-order valence-corrected chi connectivity index (χ0v) is 15.8. The van der Waals surface area contributed by atoms with Crippen LogP contribution in [0.15, 0.2) is 24.4 Å². The van der Waals surface area contributed by atoms with Crippen molar-refractivity contribution in [3.05, 3.63) is 29.4 Å². The number of nitrogens with one attached hydrogen (secondary N) is 1. The molecule has 25 heavy (non-hydrogen) atoms. The molecule has 3 rings (SSSR count). The molecule has 2 heterocycles. The van der Waals surface area contributed by atoms with Crippen molar-refractivity contribution < 1.29 is 4.79 Å². The lowest BCUT2D eigenvalue weighted by Gasteiger charge is -2.34. The maximum Gasteiger partial charge on any atom is 0.241 e. The second kappa shape index (κ2) is 8.19. The third-order valence-electron chi connectivity index (χ3n) is 4.85. The van der Waals surface area contributed by atoms with Crippen molar-refractivity contribution in [2.24, 2.45) is 11.8 Å². The Hall–Kier alpha value is -1.59. The van der Waals surface area contributed by atoms with Gasteiger partial charge in [0.1, 0.15) is 6.54 Å². The number of carbonyl (C=O) groups excluding carboxylic acids is 1. The summed E-state index contributed by atoms with van der Waals surface area (Å²) < 4.78 is 1.70. The summed E-state index contributed by atoms with van der Waals surface area (Å²) in [6, 6.07) is 5.64. The van der Waals surface area contributed by atoms with Crippen molar-refractivity contribution in [1.29, 1.82) is 0 Å². The van der Waals surface area contributed by atoms with Gasteiger partial charge in [0.15, 0.2) is 0 Å². The molecule has 2 aromatic rings. The van der Waals surface area contributed by atoms with E-state index in [1.54, 1.807) is 10.9 Å². The fourth-order valence-corrected chi connectivity index (χ4v) is 4.11. The van der Waals surface area contributed by atoms with Gasteiger partial charge >= 0.3 is 0 Å². The molecule has 0 radical (unpaired) electrons. The smallest absolute Gasteiger partial charge is 0.241 e. The fourth-order valence-electron chi connectivity index (χ4n) is 3.89. The van der Waals surface area contributed by atoms with Crippen molar-refractivity contribution >= 4 is 28.4 Å². The predicted molar refractivity (Wildman–Crippen MR) is 102 cm³/mol. The van der Waals surface area contributed by atoms with E-state index in [4.69, 9.17) is 11.6 Å². The first-order valence-corrected chi connectivity index (χ1v) is 9.50. The highest BCUT2D eigenvalue weighted by atomic mass is 35.5. The molecule has 1 aromatic carbocycles. The van der Waals surface area contributed by atoms with Crippen LogP contribution in [-0.4, -0.2) is 46.8 Å². The van der Waals surface area contributed by atoms with Crippen LogP contribution in [0.1, 0.15) is 26.7 Å². The first-order chi connectivity index (χ1) is 12.0. The Morgan fingerprint density at radius 2 is 2.08 bits per heavy atom. The standard InChI is InChI=1S/C19H27ClN4O/c1-14-9-15(2)12-23(11-14)8-4-7-21-19(25)13-24-18-6-3-5-17(20)16(18)10-22-24/h3,5-6,10,14-15H,4,7-9,11-13H2,1-2H3,(H,21,25)/t14-,15-/m1/s1. The summed E-state index contributed by atoms with van der Waals surface area (Å²) in [5.41, 5.74) is 0.888. The van der Waals surface area contributed by atoms with E-state index in [9.17, 15) is 4.79 Å². The van der Waals surface area contributed by atoms with E-state index in [1.165, 1.54) is 19.5 Å². The lowest BCUT2D eigenvalue weighted by molar-refractivity contribution is -0.121. The summed E-state index contributed by atoms with van der Waals surface area (Å²) in [5, 5.41) is 8.82. The van der Waals surface area contributed by atoms with Crippen molar-refractivity contribution in [3.8, 4) is 0 Å². The number of piperidine rings is 1. The van der Waals surface area contributed by atoms with Gasteiger partial charge in [-0.3, -0.25) is 9.48 Å². The largest absolute Gasteiger partial charge is 0.354 e. The van der Waals surface area contributed by atoms with Crippen molar-refractivity contribution in [1.82, 2.24) is 20.0 Å². The first-order valence-electron chi connectivity index (χ1n) is 9.12. The van der Waals surface area contributed by atoms with E-state index in [2.05, 4.69) is 29.2 Å². The highest BCUT2D eigenvalue weighted by molar-refractivity contribution is 6.35. The molecule has 0 aliphatic carbocycles. The topological polar surface area (TPSA) is 50.2 Å². The van der Waals surface area contributed by atoms with E-state index in [-0.39, 0.29) is 12.5 Å². The lowest BCUT2D eigenvalue weighted by Crippen LogP contribution is -2.40. The second-order valence-electron chi connectivity index (χ2n) is 7.38. The molecular formula is C19H27ClN4O. The number of benzene rings is 1. The van der Waals surface area contributed by atoms with Crippen molar-refractivity contribution in [2.75, 3.05) is 26.2 Å². The minimum Gasteiger partial charge on any atom is -0.354 e. The number of carbonyl (C=O) groups is 1. The molecule has 1 fully saturated rings. The van der Waals surface area contributed by atoms with E-state index in [1.807, 2.05) is 18.2 Å². The van der Waals surface area contributed by atoms with Gasteiger partial charge in [-0.2, -0.15) is 5.10 Å². The quantitative estimate of drug-likeness (QED) is 0.803. The Labute approximate surface area is 154 Å². The minimum absolute atomic E-state index is 0.00893. The van der Waals surface area contributed by atoms with Gasteiger partial charge in [-0.05, 0) is 43.4 Å². The van der Waals surface area contributed by atoms with E-state index < -0.39 is 0 Å². The number of hydrogen-bond acceptors (Lipinski definition) is 3. The van der Waals surface area contributed by atoms with Gasteiger partial charge in [0.2, 0.25) is 5.91 Å². The summed E-state index contributed by atoms with van der Waals surface area (Å²) in [6.45, 7) is 8.99. The monoisotopic (exact) mass is 362 g/mol. The summed E-state index contributed by atoms with van der Waals surface area (Å²) in [6.07, 6.45) is 4.02. The number of likely N-dealkylation sites (tertiary alicyclic amines) is 1. The predicted octanol–water partition coefficient (Wildman–Crippen LogP) is 3.17. The van der Waals surface area contributed by atoms with Crippen LogP contribution in [-0.2, 0) is 11.3 Å². The van der Waals surface area contributed by atoms with Crippen LogP contribution in [0, 0.1) is 11.8 Å². The maximum atomic E-state index is 12.2. The summed E-state index contributed by atoms with van der Waals surface area (Å²) in [5.74, 6) is 1.54. The van der Waals surface area contributed by atoms with E-state index in [0.29, 0.717) is 11.6 Å². The van der Waals surface area contributed by atoms with Gasteiger partial charge < -0.3 is 10.2 Å². The molecule has 0 spiro atoms. The van der Waals surface area contributed by atoms with Crippen molar-refractivity contribution in [3.63, 3.8) is 0 Å². The normalized spacial score (nSPS) is 21.6. The van der Waals surface area contributed by atoms with E-state index >= 15 is 0 Å². The van der Waals surface area contributed by atoms with Gasteiger partial charge in [0.25, 0.3) is 0 Å². The van der Waals surface area contributed by atoms with Gasteiger partial charge in [-0.15, -0.1) is 0 Å². The maximum absolute atomic E-state index is 12.2. The molecule has 0 saturated carbocycles. The first kappa shape index (κ1) is 18.2. The molecule has 0 bridgehead atoms. The molecule has 1 aliphatic rings. The number of nitrogens with zero attached hydrogens (tertiary/aromatic N) is 3. The average molecular weight is 363 g/mol. The van der Waals surface area contributed by atoms with E-state index in [0.717, 1.165) is 35.7 Å². The minimum atomic E-state index is -0.00893. The van der Waals surface area contributed by atoms with Crippen LogP contribution in [0.4, 0.5) is 0 Å². The fraction of sp³-hybridized carbons (Fsp3) is 0.579. The van der Waals surface area contributed by atoms with Gasteiger partial charge in [0, 0.05) is 25.0 Å². The summed E-state index contributed by atoms with van der Waals surface area (Å²) in [4.78, 5) is 14.7. The summed E-state index contributed by atoms with van der Waals surface area (Å²) >= 11 is 6.15. The highest BCUT2D eigenvalue weighted by Gasteiger charge is 2.21. The number of amides is 1. The average Bonchev–Trinajstić information content (AvgIpc) is 2.95. The zero-order valence-electron chi connectivity index (χ0n) is 15.0. The van der Waals surface area contributed by atoms with Crippen LogP contribution in [0.2, 0.25) is 5.02 Å². The molecule has 0 unspecified atom stereocenters. The molecule has 1 amide bonds. The SMILES string of the molecule is C[C@@H]1C[C@@H](C)CN(CCCNC(=O)Cn2ncc3c(Cl)cccc32)C1. The van der Waals surface area contributed by atoms with Gasteiger partial charge in [0.05, 0.1) is 16.7 Å². The number of rotatable bonds is 6. The number of aromatic nitrogens is 2. The number of fused-ring (bicyclic) bond motifs is 1. The molecule has 6 heteroatoms. The van der Waals surface area contributed by atoms with Crippen LogP contribution < -0.4 is 5.32 Å². The van der Waals surface area contributed by atoms with Gasteiger partial charge in [-0.25, -0.2) is 0 Å². The Morgan fingerprint density at radius 3 is 2.84 bits per heavy atom. The molecule has 5 nitrogen and oxygen atoms in total. The summed E-state index contributed by atoms with van der Waals surface area (Å²) in [7, 11) is 0. The molecule has 1 N–H and O–H groups in total. The van der Waals surface area contributed by atoms with Crippen LogP contribution >= 0.6 is 11.6 Å². The molecule has 1 saturated heterocycles. The molecule has 136 valence electrons. The third-order valence-corrected chi connectivity index (χ3v) is 5.17. The Morgan fingerprint density at radius 1 is 1.32 bits per heavy atom. The molecule has 1 aromatic heterocycles. The van der Waals surface area contributed by atoms with Crippen LogP contribution in [0.3, 0.4) is 0 Å². The van der Waals surface area contributed by atoms with Crippen molar-refractivity contribution in [2.45, 2.75) is 33.2 Å².